The Morgan fingerprint density at radius 1 is 1.12 bits per heavy atom. The number of H-pyrrole nitrogens is 1. The van der Waals surface area contributed by atoms with E-state index in [0.717, 1.165) is 31.7 Å². The number of methoxy groups -OCH3 is 1. The third kappa shape index (κ3) is 3.00. The molecule has 1 saturated heterocycles. The molecule has 4 heteroatoms. The molecule has 0 aliphatic carbocycles. The Kier molecular flexibility index (Phi) is 4.18. The Morgan fingerprint density at radius 3 is 2.72 bits per heavy atom. The highest BCUT2D eigenvalue weighted by Gasteiger charge is 2.26. The number of aromatic nitrogens is 1. The van der Waals surface area contributed by atoms with E-state index in [1.165, 1.54) is 16.5 Å². The number of rotatable bonds is 3. The van der Waals surface area contributed by atoms with Crippen molar-refractivity contribution in [1.29, 1.82) is 0 Å². The lowest BCUT2D eigenvalue weighted by Gasteiger charge is -2.32. The molecule has 4 nitrogen and oxygen atoms in total. The van der Waals surface area contributed by atoms with Gasteiger partial charge in [-0.3, -0.25) is 4.79 Å². The van der Waals surface area contributed by atoms with Crippen LogP contribution in [0.5, 0.6) is 5.75 Å². The average molecular weight is 334 g/mol. The van der Waals surface area contributed by atoms with Crippen molar-refractivity contribution in [2.75, 3.05) is 20.2 Å². The number of amides is 1. The van der Waals surface area contributed by atoms with Gasteiger partial charge in [-0.15, -0.1) is 0 Å². The fraction of sp³-hybridized carbons (Fsp3) is 0.286. The summed E-state index contributed by atoms with van der Waals surface area (Å²) in [5.41, 5.74) is 3.27. The number of nitrogens with zero attached hydrogens (tertiary/aromatic N) is 1. The van der Waals surface area contributed by atoms with Crippen molar-refractivity contribution in [1.82, 2.24) is 9.88 Å². The molecular formula is C21H22N2O2. The van der Waals surface area contributed by atoms with Gasteiger partial charge in [-0.1, -0.05) is 24.3 Å². The number of ether oxygens (including phenoxy) is 1. The summed E-state index contributed by atoms with van der Waals surface area (Å²) in [5, 5.41) is 1.31. The Balaban J connectivity index is 1.47. The highest BCUT2D eigenvalue weighted by Crippen LogP contribution is 2.33. The van der Waals surface area contributed by atoms with Gasteiger partial charge in [-0.2, -0.15) is 0 Å². The van der Waals surface area contributed by atoms with E-state index in [0.29, 0.717) is 11.5 Å². The summed E-state index contributed by atoms with van der Waals surface area (Å²) in [6.07, 6.45) is 4.13. The van der Waals surface area contributed by atoms with Gasteiger partial charge >= 0.3 is 0 Å². The van der Waals surface area contributed by atoms with Crippen molar-refractivity contribution >= 4 is 16.8 Å². The summed E-state index contributed by atoms with van der Waals surface area (Å²) < 4.78 is 5.23. The molecule has 1 N–H and O–H groups in total. The van der Waals surface area contributed by atoms with Gasteiger partial charge in [-0.25, -0.2) is 0 Å². The fourth-order valence-electron chi connectivity index (χ4n) is 3.76. The Hall–Kier alpha value is -2.75. The lowest BCUT2D eigenvalue weighted by Crippen LogP contribution is -2.37. The first-order valence-corrected chi connectivity index (χ1v) is 8.75. The van der Waals surface area contributed by atoms with Crippen LogP contribution in [0.3, 0.4) is 0 Å². The molecule has 0 saturated carbocycles. The van der Waals surface area contributed by atoms with Crippen LogP contribution in [-0.2, 0) is 0 Å². The standard InChI is InChI=1S/C21H22N2O2/c1-25-17-6-4-5-16(13-17)21(24)23-11-9-15(10-12-23)19-14-22-20-8-3-2-7-18(19)20/h2-8,13-15,22H,9-12H2,1H3. The van der Waals surface area contributed by atoms with E-state index >= 15 is 0 Å². The van der Waals surface area contributed by atoms with Gasteiger partial charge in [0.25, 0.3) is 5.91 Å². The molecule has 1 fully saturated rings. The summed E-state index contributed by atoms with van der Waals surface area (Å²) in [6, 6.07) is 15.8. The summed E-state index contributed by atoms with van der Waals surface area (Å²) in [7, 11) is 1.62. The molecule has 1 aliphatic heterocycles. The second-order valence-corrected chi connectivity index (χ2v) is 6.59. The van der Waals surface area contributed by atoms with E-state index in [2.05, 4.69) is 35.4 Å². The highest BCUT2D eigenvalue weighted by molar-refractivity contribution is 5.94. The van der Waals surface area contributed by atoms with Gasteiger partial charge in [-0.05, 0) is 48.6 Å². The maximum absolute atomic E-state index is 12.7. The SMILES string of the molecule is COc1cccc(C(=O)N2CCC(c3c[nH]c4ccccc34)CC2)c1. The minimum absolute atomic E-state index is 0.0938. The maximum atomic E-state index is 12.7. The van der Waals surface area contributed by atoms with Crippen LogP contribution in [0.15, 0.2) is 54.7 Å². The van der Waals surface area contributed by atoms with Gasteiger partial charge < -0.3 is 14.6 Å². The van der Waals surface area contributed by atoms with E-state index < -0.39 is 0 Å². The van der Waals surface area contributed by atoms with Crippen LogP contribution in [0.1, 0.15) is 34.7 Å². The van der Waals surface area contributed by atoms with Crippen LogP contribution >= 0.6 is 0 Å². The van der Waals surface area contributed by atoms with Crippen molar-refractivity contribution in [3.63, 3.8) is 0 Å². The molecule has 0 unspecified atom stereocenters. The van der Waals surface area contributed by atoms with Crippen LogP contribution in [0, 0.1) is 0 Å². The smallest absolute Gasteiger partial charge is 0.253 e. The molecule has 1 amide bonds. The monoisotopic (exact) mass is 334 g/mol. The number of aromatic amines is 1. The van der Waals surface area contributed by atoms with E-state index in [9.17, 15) is 4.79 Å². The van der Waals surface area contributed by atoms with Gasteiger partial charge in [0.2, 0.25) is 0 Å². The number of fused-ring (bicyclic) bond motifs is 1. The van der Waals surface area contributed by atoms with Crippen LogP contribution in [-0.4, -0.2) is 36.0 Å². The van der Waals surface area contributed by atoms with Crippen molar-refractivity contribution in [3.05, 3.63) is 65.9 Å². The molecule has 0 radical (unpaired) electrons. The molecule has 2 heterocycles. The molecule has 0 atom stereocenters. The minimum Gasteiger partial charge on any atom is -0.497 e. The fourth-order valence-corrected chi connectivity index (χ4v) is 3.76. The second kappa shape index (κ2) is 6.63. The topological polar surface area (TPSA) is 45.3 Å². The molecule has 1 aliphatic rings. The van der Waals surface area contributed by atoms with Crippen LogP contribution in [0.4, 0.5) is 0 Å². The predicted molar refractivity (Wildman–Crippen MR) is 99.2 cm³/mol. The molecule has 4 rings (SSSR count). The third-order valence-corrected chi connectivity index (χ3v) is 5.16. The molecule has 0 spiro atoms. The summed E-state index contributed by atoms with van der Waals surface area (Å²) in [6.45, 7) is 1.58. The zero-order valence-electron chi connectivity index (χ0n) is 14.4. The zero-order chi connectivity index (χ0) is 17.2. The summed E-state index contributed by atoms with van der Waals surface area (Å²) in [5.74, 6) is 1.32. The molecule has 2 aromatic carbocycles. The number of nitrogens with one attached hydrogen (secondary N) is 1. The molecular weight excluding hydrogens is 312 g/mol. The zero-order valence-corrected chi connectivity index (χ0v) is 14.4. The maximum Gasteiger partial charge on any atom is 0.253 e. The lowest BCUT2D eigenvalue weighted by atomic mass is 9.89. The number of hydrogen-bond acceptors (Lipinski definition) is 2. The Morgan fingerprint density at radius 2 is 1.92 bits per heavy atom. The van der Waals surface area contributed by atoms with E-state index in [1.54, 1.807) is 7.11 Å². The summed E-state index contributed by atoms with van der Waals surface area (Å²) >= 11 is 0. The number of benzene rings is 2. The van der Waals surface area contributed by atoms with Crippen molar-refractivity contribution in [3.8, 4) is 5.75 Å². The Bertz CT molecular complexity index is 892. The highest BCUT2D eigenvalue weighted by atomic mass is 16.5. The van der Waals surface area contributed by atoms with E-state index in [4.69, 9.17) is 4.74 Å². The van der Waals surface area contributed by atoms with Crippen LogP contribution in [0.25, 0.3) is 10.9 Å². The van der Waals surface area contributed by atoms with Crippen molar-refractivity contribution in [2.45, 2.75) is 18.8 Å². The second-order valence-electron chi connectivity index (χ2n) is 6.59. The first-order chi connectivity index (χ1) is 12.3. The first-order valence-electron chi connectivity index (χ1n) is 8.75. The summed E-state index contributed by atoms with van der Waals surface area (Å²) in [4.78, 5) is 18.1. The van der Waals surface area contributed by atoms with Gasteiger partial charge in [0, 0.05) is 35.8 Å². The number of carbonyl (C=O) groups is 1. The molecule has 25 heavy (non-hydrogen) atoms. The number of para-hydroxylation sites is 1. The van der Waals surface area contributed by atoms with Gasteiger partial charge in [0.15, 0.2) is 0 Å². The number of hydrogen-bond donors (Lipinski definition) is 1. The largest absolute Gasteiger partial charge is 0.497 e. The normalized spacial score (nSPS) is 15.5. The lowest BCUT2D eigenvalue weighted by molar-refractivity contribution is 0.0713. The van der Waals surface area contributed by atoms with Crippen LogP contribution < -0.4 is 4.74 Å². The Labute approximate surface area is 147 Å². The van der Waals surface area contributed by atoms with Crippen molar-refractivity contribution < 1.29 is 9.53 Å². The molecule has 1 aromatic heterocycles. The van der Waals surface area contributed by atoms with Crippen LogP contribution in [0.2, 0.25) is 0 Å². The minimum atomic E-state index is 0.0938. The molecule has 0 bridgehead atoms. The molecule has 3 aromatic rings. The van der Waals surface area contributed by atoms with Crippen molar-refractivity contribution in [2.24, 2.45) is 0 Å². The number of carbonyl (C=O) groups excluding carboxylic acids is 1. The van der Waals surface area contributed by atoms with Gasteiger partial charge in [0.1, 0.15) is 5.75 Å². The first kappa shape index (κ1) is 15.8. The average Bonchev–Trinajstić information content (AvgIpc) is 3.12. The number of likely N-dealkylation sites (tertiary alicyclic amines) is 1. The van der Waals surface area contributed by atoms with E-state index in [-0.39, 0.29) is 5.91 Å². The molecule has 128 valence electrons. The predicted octanol–water partition coefficient (Wildman–Crippen LogP) is 4.20. The third-order valence-electron chi connectivity index (χ3n) is 5.16. The quantitative estimate of drug-likeness (QED) is 0.780. The number of piperidine rings is 1. The van der Waals surface area contributed by atoms with Gasteiger partial charge in [0.05, 0.1) is 7.11 Å². The van der Waals surface area contributed by atoms with E-state index in [1.807, 2.05) is 29.2 Å².